The highest BCUT2D eigenvalue weighted by Gasteiger charge is 2.62. The predicted molar refractivity (Wildman–Crippen MR) is 114 cm³/mol. The van der Waals surface area contributed by atoms with Crippen molar-refractivity contribution in [2.75, 3.05) is 0 Å². The first-order chi connectivity index (χ1) is 12.9. The topological polar surface area (TPSA) is 17.1 Å². The molecule has 4 rings (SSSR count). The Balaban J connectivity index is 1.54. The zero-order valence-corrected chi connectivity index (χ0v) is 18.6. The number of fused-ring (bicyclic) bond motifs is 5. The van der Waals surface area contributed by atoms with Crippen molar-refractivity contribution >= 4 is 5.78 Å². The number of rotatable bonds is 5. The number of carbonyl (C=O) groups excluding carboxylic acids is 1. The average molecular weight is 373 g/mol. The molecule has 0 amide bonds. The minimum Gasteiger partial charge on any atom is -0.299 e. The molecule has 154 valence electrons. The van der Waals surface area contributed by atoms with Gasteiger partial charge in [-0.3, -0.25) is 4.79 Å². The molecule has 1 nitrogen and oxygen atoms in total. The normalized spacial score (nSPS) is 47.9. The van der Waals surface area contributed by atoms with Crippen LogP contribution in [-0.4, -0.2) is 5.78 Å². The molecule has 0 aliphatic heterocycles. The van der Waals surface area contributed by atoms with Gasteiger partial charge in [-0.2, -0.15) is 0 Å². The maximum absolute atomic E-state index is 13.3. The third-order valence-electron chi connectivity index (χ3n) is 10.3. The van der Waals surface area contributed by atoms with Crippen molar-refractivity contribution in [3.8, 4) is 0 Å². The summed E-state index contributed by atoms with van der Waals surface area (Å²) < 4.78 is 0. The number of Topliss-reactive ketones (excluding diaryl/α,β-unsaturated/α-hetero) is 1. The fourth-order valence-corrected chi connectivity index (χ4v) is 8.98. The van der Waals surface area contributed by atoms with Gasteiger partial charge < -0.3 is 0 Å². The first-order valence-electron chi connectivity index (χ1n) is 12.4. The van der Waals surface area contributed by atoms with E-state index in [1.807, 2.05) is 0 Å². The highest BCUT2D eigenvalue weighted by atomic mass is 16.1. The highest BCUT2D eigenvalue weighted by Crippen LogP contribution is 2.67. The molecule has 0 spiro atoms. The van der Waals surface area contributed by atoms with Crippen LogP contribution in [0, 0.1) is 46.3 Å². The van der Waals surface area contributed by atoms with Crippen LogP contribution in [0.4, 0.5) is 0 Å². The largest absolute Gasteiger partial charge is 0.299 e. The van der Waals surface area contributed by atoms with Crippen molar-refractivity contribution in [2.24, 2.45) is 46.3 Å². The van der Waals surface area contributed by atoms with E-state index in [2.05, 4.69) is 27.7 Å². The van der Waals surface area contributed by atoms with E-state index in [9.17, 15) is 4.79 Å². The van der Waals surface area contributed by atoms with Gasteiger partial charge in [0.1, 0.15) is 5.78 Å². The van der Waals surface area contributed by atoms with Crippen LogP contribution in [0.1, 0.15) is 111 Å². The number of hydrogen-bond acceptors (Lipinski definition) is 1. The number of ketones is 1. The van der Waals surface area contributed by atoms with E-state index in [0.717, 1.165) is 24.2 Å². The van der Waals surface area contributed by atoms with Crippen LogP contribution in [0.2, 0.25) is 0 Å². The van der Waals surface area contributed by atoms with Gasteiger partial charge in [-0.25, -0.2) is 0 Å². The van der Waals surface area contributed by atoms with E-state index in [1.54, 1.807) is 0 Å². The van der Waals surface area contributed by atoms with Crippen LogP contribution in [-0.2, 0) is 4.79 Å². The van der Waals surface area contributed by atoms with Crippen molar-refractivity contribution in [3.63, 3.8) is 0 Å². The lowest BCUT2D eigenvalue weighted by Crippen LogP contribution is -2.53. The lowest BCUT2D eigenvalue weighted by molar-refractivity contribution is -0.126. The van der Waals surface area contributed by atoms with Gasteiger partial charge in [-0.1, -0.05) is 66.2 Å². The summed E-state index contributed by atoms with van der Waals surface area (Å²) in [4.78, 5) is 13.3. The summed E-state index contributed by atoms with van der Waals surface area (Å²) in [6.45, 7) is 9.87. The van der Waals surface area contributed by atoms with Crippen molar-refractivity contribution in [1.82, 2.24) is 0 Å². The molecule has 4 aliphatic carbocycles. The molecule has 0 aromatic heterocycles. The number of carbonyl (C=O) groups is 1. The van der Waals surface area contributed by atoms with Crippen molar-refractivity contribution in [1.29, 1.82) is 0 Å². The van der Waals surface area contributed by atoms with Crippen molar-refractivity contribution in [3.05, 3.63) is 0 Å². The molecule has 0 heterocycles. The van der Waals surface area contributed by atoms with Gasteiger partial charge in [-0.05, 0) is 78.9 Å². The number of hydrogen-bond donors (Lipinski definition) is 0. The zero-order valence-electron chi connectivity index (χ0n) is 18.6. The second-order valence-corrected chi connectivity index (χ2v) is 11.6. The van der Waals surface area contributed by atoms with Crippen LogP contribution in [0.3, 0.4) is 0 Å². The molecule has 4 fully saturated rings. The Morgan fingerprint density at radius 1 is 0.963 bits per heavy atom. The summed E-state index contributed by atoms with van der Waals surface area (Å²) in [7, 11) is 0. The molecule has 1 unspecified atom stereocenters. The second-order valence-electron chi connectivity index (χ2n) is 11.6. The highest BCUT2D eigenvalue weighted by molar-refractivity contribution is 5.85. The van der Waals surface area contributed by atoms with Crippen LogP contribution in [0.5, 0.6) is 0 Å². The van der Waals surface area contributed by atoms with Crippen LogP contribution < -0.4 is 0 Å². The molecule has 0 radical (unpaired) electrons. The first-order valence-corrected chi connectivity index (χ1v) is 12.4. The van der Waals surface area contributed by atoms with E-state index in [-0.39, 0.29) is 0 Å². The van der Waals surface area contributed by atoms with Gasteiger partial charge in [0, 0.05) is 12.3 Å². The summed E-state index contributed by atoms with van der Waals surface area (Å²) in [6.07, 6.45) is 17.6. The van der Waals surface area contributed by atoms with E-state index in [1.165, 1.54) is 77.0 Å². The second kappa shape index (κ2) is 7.49. The molecule has 1 heteroatoms. The molecular formula is C26H44O. The van der Waals surface area contributed by atoms with Gasteiger partial charge in [0.25, 0.3) is 0 Å². The minimum atomic E-state index is 0.307. The molecule has 0 N–H and O–H groups in total. The standard InChI is InChI=1S/C26H44O/c1-5-6-7-10-18(2)24-23(27)17-22-20-13-12-19-11-8-9-15-25(19,3)21(20)14-16-26(22,24)4/h18-22,24H,5-17H2,1-4H3/t18-,19?,20-,21+,22+,24+,25+,26+/m1/s1. The Morgan fingerprint density at radius 2 is 1.78 bits per heavy atom. The lowest BCUT2D eigenvalue weighted by Gasteiger charge is -2.60. The maximum atomic E-state index is 13.3. The van der Waals surface area contributed by atoms with E-state index >= 15 is 0 Å². The van der Waals surface area contributed by atoms with E-state index in [4.69, 9.17) is 0 Å². The number of unbranched alkanes of at least 4 members (excludes halogenated alkanes) is 2. The van der Waals surface area contributed by atoms with E-state index in [0.29, 0.717) is 34.4 Å². The molecular weight excluding hydrogens is 328 g/mol. The fraction of sp³-hybridized carbons (Fsp3) is 0.962. The third kappa shape index (κ3) is 3.14. The predicted octanol–water partition coefficient (Wildman–Crippen LogP) is 7.43. The molecule has 8 atom stereocenters. The van der Waals surface area contributed by atoms with Crippen molar-refractivity contribution in [2.45, 2.75) is 111 Å². The Bertz CT molecular complexity index is 552. The summed E-state index contributed by atoms with van der Waals surface area (Å²) in [5.74, 6) is 5.04. The summed E-state index contributed by atoms with van der Waals surface area (Å²) in [6, 6.07) is 0. The van der Waals surface area contributed by atoms with Gasteiger partial charge in [-0.15, -0.1) is 0 Å². The van der Waals surface area contributed by atoms with Gasteiger partial charge in [0.2, 0.25) is 0 Å². The Hall–Kier alpha value is -0.330. The molecule has 0 aromatic carbocycles. The minimum absolute atomic E-state index is 0.307. The Kier molecular flexibility index (Phi) is 5.54. The maximum Gasteiger partial charge on any atom is 0.137 e. The van der Waals surface area contributed by atoms with Gasteiger partial charge >= 0.3 is 0 Å². The SMILES string of the molecule is CCCCC[C@@H](C)[C@H]1C(=O)C[C@H]2[C@@H]3CCC4CCCC[C@]4(C)[C@H]3CC[C@]12C. The van der Waals surface area contributed by atoms with Crippen LogP contribution in [0.15, 0.2) is 0 Å². The van der Waals surface area contributed by atoms with Gasteiger partial charge in [0.05, 0.1) is 0 Å². The molecule has 0 bridgehead atoms. The molecule has 0 saturated heterocycles. The summed E-state index contributed by atoms with van der Waals surface area (Å²) in [5.41, 5.74) is 0.901. The average Bonchev–Trinajstić information content (AvgIpc) is 2.91. The monoisotopic (exact) mass is 372 g/mol. The van der Waals surface area contributed by atoms with Crippen LogP contribution >= 0.6 is 0 Å². The third-order valence-corrected chi connectivity index (χ3v) is 10.3. The zero-order chi connectivity index (χ0) is 19.2. The Labute approximate surface area is 168 Å². The van der Waals surface area contributed by atoms with Crippen molar-refractivity contribution < 1.29 is 4.79 Å². The lowest BCUT2D eigenvalue weighted by atomic mass is 9.44. The quantitative estimate of drug-likeness (QED) is 0.458. The fourth-order valence-electron chi connectivity index (χ4n) is 8.98. The summed E-state index contributed by atoms with van der Waals surface area (Å²) in [5, 5.41) is 0. The smallest absolute Gasteiger partial charge is 0.137 e. The first kappa shape index (κ1) is 20.0. The molecule has 0 aromatic rings. The molecule has 4 aliphatic rings. The molecule has 4 saturated carbocycles. The summed E-state index contributed by atoms with van der Waals surface area (Å²) >= 11 is 0. The Morgan fingerprint density at radius 3 is 2.56 bits per heavy atom. The van der Waals surface area contributed by atoms with E-state index < -0.39 is 0 Å². The van der Waals surface area contributed by atoms with Gasteiger partial charge in [0.15, 0.2) is 0 Å². The molecule has 27 heavy (non-hydrogen) atoms. The van der Waals surface area contributed by atoms with Crippen LogP contribution in [0.25, 0.3) is 0 Å².